The predicted octanol–water partition coefficient (Wildman–Crippen LogP) is 1.92. The van der Waals surface area contributed by atoms with E-state index in [1.807, 2.05) is 0 Å². The molecule has 1 aliphatic rings. The number of carbonyl (C=O) groups excluding carboxylic acids is 1. The highest BCUT2D eigenvalue weighted by Gasteiger charge is 2.44. The fourth-order valence-corrected chi connectivity index (χ4v) is 2.07. The number of nitrogens with one attached hydrogen (secondary N) is 1. The van der Waals surface area contributed by atoms with Crippen molar-refractivity contribution in [1.82, 2.24) is 5.32 Å². The second kappa shape index (κ2) is 4.41. The first kappa shape index (κ1) is 12.0. The molecule has 1 aromatic rings. The molecule has 1 heterocycles. The predicted molar refractivity (Wildman–Crippen MR) is 60.0 cm³/mol. The van der Waals surface area contributed by atoms with Crippen LogP contribution in [0.4, 0.5) is 0 Å². The van der Waals surface area contributed by atoms with Crippen molar-refractivity contribution in [2.24, 2.45) is 5.41 Å². The Morgan fingerprint density at radius 3 is 2.65 bits per heavy atom. The van der Waals surface area contributed by atoms with Crippen molar-refractivity contribution >= 4 is 23.5 Å². The van der Waals surface area contributed by atoms with Gasteiger partial charge >= 0.3 is 5.97 Å². The topological polar surface area (TPSA) is 79.5 Å². The van der Waals surface area contributed by atoms with Gasteiger partial charge in [-0.2, -0.15) is 0 Å². The Kier molecular flexibility index (Phi) is 3.11. The fourth-order valence-electron chi connectivity index (χ4n) is 1.87. The molecule has 17 heavy (non-hydrogen) atoms. The monoisotopic (exact) mass is 257 g/mol. The lowest BCUT2D eigenvalue weighted by Gasteiger charge is -2.37. The van der Waals surface area contributed by atoms with Crippen molar-refractivity contribution in [3.05, 3.63) is 23.1 Å². The van der Waals surface area contributed by atoms with Gasteiger partial charge in [0.15, 0.2) is 0 Å². The van der Waals surface area contributed by atoms with Crippen LogP contribution in [0, 0.1) is 5.41 Å². The minimum absolute atomic E-state index is 0.0143. The Bertz CT molecular complexity index is 450. The Balaban J connectivity index is 1.97. The molecule has 1 aromatic heterocycles. The van der Waals surface area contributed by atoms with Crippen molar-refractivity contribution in [2.45, 2.75) is 19.3 Å². The molecule has 1 saturated carbocycles. The van der Waals surface area contributed by atoms with Crippen LogP contribution < -0.4 is 5.32 Å². The second-order valence-electron chi connectivity index (χ2n) is 4.23. The lowest BCUT2D eigenvalue weighted by Crippen LogP contribution is -2.47. The Labute approximate surface area is 103 Å². The van der Waals surface area contributed by atoms with Crippen molar-refractivity contribution < 1.29 is 19.1 Å². The van der Waals surface area contributed by atoms with Gasteiger partial charge in [0.1, 0.15) is 0 Å². The van der Waals surface area contributed by atoms with E-state index in [0.717, 1.165) is 6.42 Å². The van der Waals surface area contributed by atoms with Gasteiger partial charge in [0.05, 0.1) is 17.2 Å². The number of carbonyl (C=O) groups is 2. The third kappa shape index (κ3) is 2.15. The van der Waals surface area contributed by atoms with Gasteiger partial charge in [0, 0.05) is 6.54 Å². The van der Waals surface area contributed by atoms with Crippen LogP contribution in [0.3, 0.4) is 0 Å². The minimum atomic E-state index is -0.859. The molecule has 0 atom stereocenters. The molecule has 0 bridgehead atoms. The zero-order valence-electron chi connectivity index (χ0n) is 9.03. The van der Waals surface area contributed by atoms with Gasteiger partial charge in [-0.05, 0) is 30.5 Å². The van der Waals surface area contributed by atoms with E-state index in [2.05, 4.69) is 5.32 Å². The van der Waals surface area contributed by atoms with Crippen LogP contribution in [0.25, 0.3) is 0 Å². The summed E-state index contributed by atoms with van der Waals surface area (Å²) >= 11 is 5.65. The summed E-state index contributed by atoms with van der Waals surface area (Å²) in [5.41, 5.74) is -0.571. The molecular formula is C11H12ClNO4. The van der Waals surface area contributed by atoms with E-state index in [0.29, 0.717) is 12.8 Å². The van der Waals surface area contributed by atoms with Crippen LogP contribution >= 0.6 is 11.6 Å². The average Bonchev–Trinajstić information content (AvgIpc) is 2.62. The van der Waals surface area contributed by atoms with Crippen molar-refractivity contribution in [2.75, 3.05) is 6.54 Å². The number of carboxylic acid groups (broad SMARTS) is 1. The van der Waals surface area contributed by atoms with Crippen molar-refractivity contribution in [1.29, 1.82) is 0 Å². The highest BCUT2D eigenvalue weighted by molar-refractivity contribution is 6.32. The van der Waals surface area contributed by atoms with Crippen LogP contribution in [0.5, 0.6) is 0 Å². The number of furan rings is 1. The smallest absolute Gasteiger partial charge is 0.311 e. The maximum atomic E-state index is 11.7. The number of rotatable bonds is 4. The molecule has 0 unspecified atom stereocenters. The van der Waals surface area contributed by atoms with Crippen LogP contribution in [-0.4, -0.2) is 23.5 Å². The third-order valence-corrected chi connectivity index (χ3v) is 3.51. The summed E-state index contributed by atoms with van der Waals surface area (Å²) in [6.45, 7) is 0.128. The summed E-state index contributed by atoms with van der Waals surface area (Å²) in [5.74, 6) is -1.27. The van der Waals surface area contributed by atoms with E-state index >= 15 is 0 Å². The van der Waals surface area contributed by atoms with Crippen LogP contribution in [0.1, 0.15) is 29.6 Å². The van der Waals surface area contributed by atoms with Crippen molar-refractivity contribution in [3.63, 3.8) is 0 Å². The average molecular weight is 258 g/mol. The van der Waals surface area contributed by atoms with Gasteiger partial charge < -0.3 is 14.8 Å². The molecule has 6 heteroatoms. The standard InChI is InChI=1S/C11H12ClNO4/c12-8-7(2-5-17-8)9(14)13-6-11(10(15)16)3-1-4-11/h2,5H,1,3-4,6H2,(H,13,14)(H,15,16). The maximum Gasteiger partial charge on any atom is 0.311 e. The van der Waals surface area contributed by atoms with Crippen LogP contribution in [0.2, 0.25) is 5.22 Å². The van der Waals surface area contributed by atoms with Gasteiger partial charge in [-0.15, -0.1) is 0 Å². The van der Waals surface area contributed by atoms with Gasteiger partial charge in [-0.25, -0.2) is 0 Å². The lowest BCUT2D eigenvalue weighted by molar-refractivity contribution is -0.153. The largest absolute Gasteiger partial charge is 0.481 e. The first-order valence-electron chi connectivity index (χ1n) is 5.30. The zero-order chi connectivity index (χ0) is 12.5. The SMILES string of the molecule is O=C(NCC1(C(=O)O)CCC1)c1ccoc1Cl. The minimum Gasteiger partial charge on any atom is -0.481 e. The molecule has 1 aliphatic carbocycles. The number of hydrogen-bond donors (Lipinski definition) is 2. The number of amides is 1. The number of carboxylic acids is 1. The molecule has 0 spiro atoms. The lowest BCUT2D eigenvalue weighted by atomic mass is 9.69. The van der Waals surface area contributed by atoms with E-state index < -0.39 is 17.3 Å². The summed E-state index contributed by atoms with van der Waals surface area (Å²) in [7, 11) is 0. The van der Waals surface area contributed by atoms with Gasteiger partial charge in [-0.1, -0.05) is 6.42 Å². The number of aliphatic carboxylic acids is 1. The zero-order valence-corrected chi connectivity index (χ0v) is 9.79. The number of hydrogen-bond acceptors (Lipinski definition) is 3. The third-order valence-electron chi connectivity index (χ3n) is 3.21. The summed E-state index contributed by atoms with van der Waals surface area (Å²) in [5, 5.41) is 11.7. The van der Waals surface area contributed by atoms with E-state index in [9.17, 15) is 9.59 Å². The Morgan fingerprint density at radius 1 is 1.53 bits per heavy atom. The molecule has 0 aromatic carbocycles. The van der Waals surface area contributed by atoms with E-state index in [4.69, 9.17) is 21.1 Å². The molecule has 2 N–H and O–H groups in total. The molecule has 1 fully saturated rings. The molecule has 92 valence electrons. The summed E-state index contributed by atoms with van der Waals surface area (Å²) < 4.78 is 4.79. The van der Waals surface area contributed by atoms with E-state index in [-0.39, 0.29) is 17.3 Å². The quantitative estimate of drug-likeness (QED) is 0.864. The number of halogens is 1. The van der Waals surface area contributed by atoms with Gasteiger partial charge in [-0.3, -0.25) is 9.59 Å². The van der Waals surface area contributed by atoms with Gasteiger partial charge in [0.2, 0.25) is 5.22 Å². The van der Waals surface area contributed by atoms with E-state index in [1.165, 1.54) is 12.3 Å². The molecule has 0 aliphatic heterocycles. The highest BCUT2D eigenvalue weighted by atomic mass is 35.5. The summed E-state index contributed by atoms with van der Waals surface area (Å²) in [4.78, 5) is 22.8. The highest BCUT2D eigenvalue weighted by Crippen LogP contribution is 2.40. The summed E-state index contributed by atoms with van der Waals surface area (Å²) in [6.07, 6.45) is 3.39. The second-order valence-corrected chi connectivity index (χ2v) is 4.57. The Hall–Kier alpha value is -1.49. The molecule has 5 nitrogen and oxygen atoms in total. The first-order valence-corrected chi connectivity index (χ1v) is 5.67. The molecular weight excluding hydrogens is 246 g/mol. The first-order chi connectivity index (χ1) is 8.05. The van der Waals surface area contributed by atoms with Crippen molar-refractivity contribution in [3.8, 4) is 0 Å². The van der Waals surface area contributed by atoms with E-state index in [1.54, 1.807) is 0 Å². The van der Waals surface area contributed by atoms with Crippen LogP contribution in [0.15, 0.2) is 16.7 Å². The van der Waals surface area contributed by atoms with Crippen LogP contribution in [-0.2, 0) is 4.79 Å². The normalized spacial score (nSPS) is 17.2. The van der Waals surface area contributed by atoms with Gasteiger partial charge in [0.25, 0.3) is 5.91 Å². The molecule has 2 rings (SSSR count). The maximum absolute atomic E-state index is 11.7. The molecule has 1 amide bonds. The molecule has 0 radical (unpaired) electrons. The molecule has 0 saturated heterocycles. The Morgan fingerprint density at radius 2 is 2.24 bits per heavy atom. The fraction of sp³-hybridized carbons (Fsp3) is 0.455. The summed E-state index contributed by atoms with van der Waals surface area (Å²) in [6, 6.07) is 1.45.